The van der Waals surface area contributed by atoms with Crippen LogP contribution >= 0.6 is 11.8 Å². The normalized spacial score (nSPS) is 13.2. The van der Waals surface area contributed by atoms with Crippen LogP contribution in [0.25, 0.3) is 0 Å². The highest BCUT2D eigenvalue weighted by molar-refractivity contribution is 7.99. The van der Waals surface area contributed by atoms with Gasteiger partial charge in [-0.25, -0.2) is 4.98 Å². The van der Waals surface area contributed by atoms with E-state index in [9.17, 15) is 5.11 Å². The number of hydrogen-bond acceptors (Lipinski definition) is 3. The van der Waals surface area contributed by atoms with Crippen LogP contribution in [0.1, 0.15) is 33.0 Å². The third kappa shape index (κ3) is 5.59. The molecular formula is C13H24N2OS. The Balaban J connectivity index is 2.34. The third-order valence-corrected chi connectivity index (χ3v) is 3.97. The molecule has 1 aromatic rings. The second-order valence-corrected chi connectivity index (χ2v) is 5.90. The van der Waals surface area contributed by atoms with E-state index in [2.05, 4.69) is 30.3 Å². The van der Waals surface area contributed by atoms with Crippen molar-refractivity contribution in [2.45, 2.75) is 46.3 Å². The van der Waals surface area contributed by atoms with Gasteiger partial charge in [-0.1, -0.05) is 20.8 Å². The number of hydrogen-bond donors (Lipinski definition) is 1. The SMILES string of the molecule is CCCn1ccnc1CC(O)CSCC(C)C. The van der Waals surface area contributed by atoms with Crippen molar-refractivity contribution < 1.29 is 5.11 Å². The summed E-state index contributed by atoms with van der Waals surface area (Å²) in [6.07, 6.45) is 5.29. The highest BCUT2D eigenvalue weighted by atomic mass is 32.2. The lowest BCUT2D eigenvalue weighted by Gasteiger charge is -2.12. The summed E-state index contributed by atoms with van der Waals surface area (Å²) in [7, 11) is 0. The predicted octanol–water partition coefficient (Wildman–Crippen LogP) is 2.59. The molecule has 0 aliphatic heterocycles. The number of aryl methyl sites for hydroxylation is 1. The summed E-state index contributed by atoms with van der Waals surface area (Å²) in [5, 5.41) is 9.95. The number of rotatable bonds is 8. The Morgan fingerprint density at radius 3 is 2.82 bits per heavy atom. The van der Waals surface area contributed by atoms with E-state index >= 15 is 0 Å². The average Bonchev–Trinajstić information content (AvgIpc) is 2.66. The molecule has 1 atom stereocenters. The molecule has 1 N–H and O–H groups in total. The minimum absolute atomic E-state index is 0.281. The van der Waals surface area contributed by atoms with Crippen LogP contribution in [0.4, 0.5) is 0 Å². The molecule has 4 heteroatoms. The molecule has 0 saturated heterocycles. The zero-order chi connectivity index (χ0) is 12.7. The molecule has 1 rings (SSSR count). The number of aliphatic hydroxyl groups is 1. The molecule has 17 heavy (non-hydrogen) atoms. The molecule has 3 nitrogen and oxygen atoms in total. The van der Waals surface area contributed by atoms with E-state index < -0.39 is 0 Å². The molecule has 0 aliphatic carbocycles. The van der Waals surface area contributed by atoms with Crippen LogP contribution in [0, 0.1) is 5.92 Å². The van der Waals surface area contributed by atoms with Gasteiger partial charge in [-0.3, -0.25) is 0 Å². The second-order valence-electron chi connectivity index (χ2n) is 4.83. The van der Waals surface area contributed by atoms with Crippen molar-refractivity contribution in [1.29, 1.82) is 0 Å². The summed E-state index contributed by atoms with van der Waals surface area (Å²) in [5.74, 6) is 3.61. The number of nitrogens with zero attached hydrogens (tertiary/aromatic N) is 2. The Labute approximate surface area is 109 Å². The third-order valence-electron chi connectivity index (χ3n) is 2.45. The van der Waals surface area contributed by atoms with Gasteiger partial charge in [0, 0.05) is 31.1 Å². The summed E-state index contributed by atoms with van der Waals surface area (Å²) in [4.78, 5) is 4.31. The standard InChI is InChI=1S/C13H24N2OS/c1-4-6-15-7-5-14-13(15)8-12(16)10-17-9-11(2)3/h5,7,11-12,16H,4,6,8-10H2,1-3H3. The van der Waals surface area contributed by atoms with Gasteiger partial charge in [0.15, 0.2) is 0 Å². The Morgan fingerprint density at radius 1 is 1.41 bits per heavy atom. The van der Waals surface area contributed by atoms with E-state index in [0.29, 0.717) is 12.3 Å². The summed E-state index contributed by atoms with van der Waals surface area (Å²) < 4.78 is 2.14. The summed E-state index contributed by atoms with van der Waals surface area (Å²) in [5.41, 5.74) is 0. The molecule has 1 aromatic heterocycles. The van der Waals surface area contributed by atoms with Gasteiger partial charge >= 0.3 is 0 Å². The van der Waals surface area contributed by atoms with Crippen LogP contribution < -0.4 is 0 Å². The van der Waals surface area contributed by atoms with E-state index in [-0.39, 0.29) is 6.10 Å². The smallest absolute Gasteiger partial charge is 0.111 e. The maximum absolute atomic E-state index is 9.95. The highest BCUT2D eigenvalue weighted by Crippen LogP contribution is 2.11. The van der Waals surface area contributed by atoms with Gasteiger partial charge in [0.25, 0.3) is 0 Å². The van der Waals surface area contributed by atoms with Crippen molar-refractivity contribution in [3.05, 3.63) is 18.2 Å². The van der Waals surface area contributed by atoms with E-state index in [1.165, 1.54) is 0 Å². The van der Waals surface area contributed by atoms with Crippen molar-refractivity contribution in [2.24, 2.45) is 5.92 Å². The molecule has 0 saturated carbocycles. The van der Waals surface area contributed by atoms with Gasteiger partial charge < -0.3 is 9.67 Å². The molecule has 0 aromatic carbocycles. The highest BCUT2D eigenvalue weighted by Gasteiger charge is 2.10. The zero-order valence-corrected chi connectivity index (χ0v) is 11.9. The van der Waals surface area contributed by atoms with E-state index in [4.69, 9.17) is 0 Å². The van der Waals surface area contributed by atoms with Crippen molar-refractivity contribution >= 4 is 11.8 Å². The minimum atomic E-state index is -0.281. The summed E-state index contributed by atoms with van der Waals surface area (Å²) >= 11 is 1.82. The van der Waals surface area contributed by atoms with Crippen molar-refractivity contribution in [2.75, 3.05) is 11.5 Å². The quantitative estimate of drug-likeness (QED) is 0.777. The number of aliphatic hydroxyl groups excluding tert-OH is 1. The Hall–Kier alpha value is -0.480. The summed E-state index contributed by atoms with van der Waals surface area (Å²) in [6.45, 7) is 7.54. The first kappa shape index (κ1) is 14.6. The van der Waals surface area contributed by atoms with Crippen molar-refractivity contribution in [3.63, 3.8) is 0 Å². The molecule has 1 heterocycles. The maximum Gasteiger partial charge on any atom is 0.111 e. The van der Waals surface area contributed by atoms with Crippen molar-refractivity contribution in [3.8, 4) is 0 Å². The van der Waals surface area contributed by atoms with Gasteiger partial charge in [0.2, 0.25) is 0 Å². The van der Waals surface area contributed by atoms with Gasteiger partial charge in [0.1, 0.15) is 5.82 Å². The van der Waals surface area contributed by atoms with Crippen LogP contribution in [0.2, 0.25) is 0 Å². The van der Waals surface area contributed by atoms with Gasteiger partial charge in [-0.15, -0.1) is 0 Å². The van der Waals surface area contributed by atoms with Crippen LogP contribution in [0.15, 0.2) is 12.4 Å². The lowest BCUT2D eigenvalue weighted by atomic mass is 10.2. The molecule has 98 valence electrons. The molecule has 0 fully saturated rings. The Morgan fingerprint density at radius 2 is 2.18 bits per heavy atom. The Bertz CT molecular complexity index is 312. The average molecular weight is 256 g/mol. The first-order chi connectivity index (χ1) is 8.13. The van der Waals surface area contributed by atoms with Crippen LogP contribution in [0.3, 0.4) is 0 Å². The first-order valence-electron chi connectivity index (χ1n) is 6.39. The topological polar surface area (TPSA) is 38.0 Å². The molecule has 0 amide bonds. The number of thioether (sulfide) groups is 1. The van der Waals surface area contributed by atoms with Gasteiger partial charge in [-0.2, -0.15) is 11.8 Å². The Kier molecular flexibility index (Phi) is 6.66. The van der Waals surface area contributed by atoms with E-state index in [1.54, 1.807) is 0 Å². The van der Waals surface area contributed by atoms with Gasteiger partial charge in [0.05, 0.1) is 6.10 Å². The van der Waals surface area contributed by atoms with Gasteiger partial charge in [-0.05, 0) is 18.1 Å². The van der Waals surface area contributed by atoms with Crippen LogP contribution in [0.5, 0.6) is 0 Å². The van der Waals surface area contributed by atoms with Crippen LogP contribution in [-0.2, 0) is 13.0 Å². The molecule has 0 spiro atoms. The molecule has 0 bridgehead atoms. The largest absolute Gasteiger partial charge is 0.392 e. The predicted molar refractivity (Wildman–Crippen MR) is 74.4 cm³/mol. The zero-order valence-electron chi connectivity index (χ0n) is 11.1. The number of imidazole rings is 1. The lowest BCUT2D eigenvalue weighted by molar-refractivity contribution is 0.196. The monoisotopic (exact) mass is 256 g/mol. The molecular weight excluding hydrogens is 232 g/mol. The lowest BCUT2D eigenvalue weighted by Crippen LogP contribution is -2.17. The molecule has 1 unspecified atom stereocenters. The fourth-order valence-electron chi connectivity index (χ4n) is 1.68. The van der Waals surface area contributed by atoms with E-state index in [0.717, 1.165) is 30.3 Å². The van der Waals surface area contributed by atoms with Crippen molar-refractivity contribution in [1.82, 2.24) is 9.55 Å². The van der Waals surface area contributed by atoms with Crippen LogP contribution in [-0.4, -0.2) is 32.3 Å². The second kappa shape index (κ2) is 7.77. The summed E-state index contributed by atoms with van der Waals surface area (Å²) in [6, 6.07) is 0. The molecule has 0 aliphatic rings. The maximum atomic E-state index is 9.95. The van der Waals surface area contributed by atoms with E-state index in [1.807, 2.05) is 24.2 Å². The number of aromatic nitrogens is 2. The molecule has 0 radical (unpaired) electrons. The first-order valence-corrected chi connectivity index (χ1v) is 7.54. The fourth-order valence-corrected chi connectivity index (χ4v) is 2.68. The minimum Gasteiger partial charge on any atom is -0.392 e. The fraction of sp³-hybridized carbons (Fsp3) is 0.769.